The molecule has 0 aromatic heterocycles. The summed E-state index contributed by atoms with van der Waals surface area (Å²) in [5, 5.41) is 0. The van der Waals surface area contributed by atoms with Crippen molar-refractivity contribution in [2.45, 2.75) is 89.9 Å². The summed E-state index contributed by atoms with van der Waals surface area (Å²) >= 11 is 0. The van der Waals surface area contributed by atoms with Crippen LogP contribution in [0.5, 0.6) is 0 Å². The van der Waals surface area contributed by atoms with E-state index < -0.39 is 10.4 Å². The number of nitrogens with zero attached hydrogens (tertiary/aromatic N) is 1. The molecule has 0 saturated carbocycles. The van der Waals surface area contributed by atoms with Crippen LogP contribution in [0.3, 0.4) is 0 Å². The quantitative estimate of drug-likeness (QED) is 0.166. The Morgan fingerprint density at radius 2 is 1.07 bits per heavy atom. The lowest BCUT2D eigenvalue weighted by atomic mass is 10.0. The van der Waals surface area contributed by atoms with Crippen LogP contribution in [0.1, 0.15) is 89.9 Å². The van der Waals surface area contributed by atoms with Gasteiger partial charge in [-0.25, -0.2) is 8.42 Å². The summed E-state index contributed by atoms with van der Waals surface area (Å²) in [5.74, 6) is -0.155. The van der Waals surface area contributed by atoms with Gasteiger partial charge in [0.25, 0.3) is 0 Å². The fourth-order valence-electron chi connectivity index (χ4n) is 2.83. The number of rotatable bonds is 17. The highest BCUT2D eigenvalue weighted by molar-refractivity contribution is 7.80. The summed E-state index contributed by atoms with van der Waals surface area (Å²) in [6.07, 6.45) is 17.9. The maximum Gasteiger partial charge on any atom is 0.217 e. The Labute approximate surface area is 173 Å². The zero-order chi connectivity index (χ0) is 21.9. The smallest absolute Gasteiger partial charge is 0.217 e. The maximum atomic E-state index is 10.6. The first kappa shape index (κ1) is 29.5. The second-order valence-corrected chi connectivity index (χ2v) is 9.55. The van der Waals surface area contributed by atoms with E-state index in [1.165, 1.54) is 77.2 Å². The van der Waals surface area contributed by atoms with Crippen LogP contribution in [0.4, 0.5) is 0 Å². The number of carbonyl (C=O) groups is 1. The predicted octanol–water partition coefficient (Wildman–Crippen LogP) is 3.73. The molecule has 7 nitrogen and oxygen atoms in total. The number of amides is 1. The van der Waals surface area contributed by atoms with Gasteiger partial charge < -0.3 is 14.8 Å². The molecule has 0 unspecified atom stereocenters. The molecule has 0 radical (unpaired) electrons. The van der Waals surface area contributed by atoms with E-state index in [1.807, 2.05) is 0 Å². The van der Waals surface area contributed by atoms with E-state index in [-0.39, 0.29) is 5.91 Å². The number of hydrogen-bond acceptors (Lipinski definition) is 5. The molecule has 170 valence electrons. The maximum absolute atomic E-state index is 10.6. The van der Waals surface area contributed by atoms with E-state index in [0.29, 0.717) is 6.42 Å². The van der Waals surface area contributed by atoms with Crippen LogP contribution in [-0.2, 0) is 19.4 Å². The molecule has 0 rings (SSSR count). The number of carbonyl (C=O) groups excluding carboxylic acids is 1. The van der Waals surface area contributed by atoms with E-state index >= 15 is 0 Å². The third-order valence-corrected chi connectivity index (χ3v) is 4.86. The second-order valence-electron chi connectivity index (χ2n) is 8.40. The van der Waals surface area contributed by atoms with Crippen molar-refractivity contribution in [1.29, 1.82) is 0 Å². The molecule has 0 aliphatic carbocycles. The lowest BCUT2D eigenvalue weighted by Gasteiger charge is -2.23. The van der Waals surface area contributed by atoms with Crippen LogP contribution >= 0.6 is 0 Å². The first-order valence-corrected chi connectivity index (χ1v) is 11.9. The summed E-state index contributed by atoms with van der Waals surface area (Å²) < 4.78 is 32.1. The zero-order valence-corrected chi connectivity index (χ0v) is 19.4. The summed E-state index contributed by atoms with van der Waals surface area (Å²) in [7, 11) is 3.22. The average molecular weight is 425 g/mol. The first-order chi connectivity index (χ1) is 13.0. The monoisotopic (exact) mass is 424 g/mol. The first-order valence-electron chi connectivity index (χ1n) is 10.6. The molecule has 2 N–H and O–H groups in total. The lowest BCUT2D eigenvalue weighted by Crippen LogP contribution is -2.35. The molecule has 0 spiro atoms. The molecule has 0 heterocycles. The van der Waals surface area contributed by atoms with Gasteiger partial charge in [-0.2, -0.15) is 0 Å². The van der Waals surface area contributed by atoms with Crippen LogP contribution < -0.4 is 5.73 Å². The van der Waals surface area contributed by atoms with Crippen molar-refractivity contribution in [3.05, 3.63) is 0 Å². The summed E-state index contributed by atoms with van der Waals surface area (Å²) in [6.45, 7) is 1.31. The Bertz CT molecular complexity index is 462. The molecule has 0 aliphatic rings. The van der Waals surface area contributed by atoms with E-state index in [0.717, 1.165) is 24.4 Å². The Morgan fingerprint density at radius 1 is 0.786 bits per heavy atom. The Kier molecular flexibility index (Phi) is 19.3. The van der Waals surface area contributed by atoms with Gasteiger partial charge in [0, 0.05) is 6.42 Å². The SMILES string of the molecule is COS(=O)(=O)[O-].C[N+](C)(C)CCCCCCCCCCCCCCCC(N)=O. The Balaban J connectivity index is 0. The number of hydrogen-bond donors (Lipinski definition) is 1. The van der Waals surface area contributed by atoms with Gasteiger partial charge in [-0.3, -0.25) is 8.98 Å². The largest absolute Gasteiger partial charge is 0.726 e. The molecule has 0 fully saturated rings. The van der Waals surface area contributed by atoms with Crippen LogP contribution in [0, 0.1) is 0 Å². The van der Waals surface area contributed by atoms with Gasteiger partial charge in [-0.05, 0) is 19.3 Å². The summed E-state index contributed by atoms with van der Waals surface area (Å²) in [6, 6.07) is 0. The van der Waals surface area contributed by atoms with Crippen molar-refractivity contribution in [1.82, 2.24) is 0 Å². The molecule has 8 heteroatoms. The Hall–Kier alpha value is -0.700. The van der Waals surface area contributed by atoms with Gasteiger partial charge in [0.15, 0.2) is 0 Å². The van der Waals surface area contributed by atoms with E-state index in [1.54, 1.807) is 0 Å². The average Bonchev–Trinajstić information content (AvgIpc) is 2.57. The minimum atomic E-state index is -4.41. The van der Waals surface area contributed by atoms with Crippen molar-refractivity contribution in [2.24, 2.45) is 5.73 Å². The van der Waals surface area contributed by atoms with Crippen LogP contribution in [0.2, 0.25) is 0 Å². The van der Waals surface area contributed by atoms with Crippen LogP contribution in [0.25, 0.3) is 0 Å². The molecule has 0 bridgehead atoms. The third kappa shape index (κ3) is 32.9. The van der Waals surface area contributed by atoms with Gasteiger partial charge in [0.05, 0.1) is 34.8 Å². The zero-order valence-electron chi connectivity index (χ0n) is 18.6. The lowest BCUT2D eigenvalue weighted by molar-refractivity contribution is -0.870. The number of nitrogens with two attached hydrogens (primary N) is 1. The van der Waals surface area contributed by atoms with Crippen molar-refractivity contribution in [3.63, 3.8) is 0 Å². The highest BCUT2D eigenvalue weighted by Gasteiger charge is 2.04. The molecule has 0 saturated heterocycles. The topological polar surface area (TPSA) is 110 Å². The van der Waals surface area contributed by atoms with E-state index in [9.17, 15) is 17.8 Å². The van der Waals surface area contributed by atoms with Gasteiger partial charge in [-0.1, -0.05) is 64.2 Å². The van der Waals surface area contributed by atoms with Crippen LogP contribution in [-0.4, -0.2) is 58.2 Å². The number of unbranched alkanes of at least 4 members (excludes halogenated alkanes) is 12. The summed E-state index contributed by atoms with van der Waals surface area (Å²) in [5.41, 5.74) is 5.12. The van der Waals surface area contributed by atoms with Gasteiger partial charge in [-0.15, -0.1) is 0 Å². The van der Waals surface area contributed by atoms with Gasteiger partial charge >= 0.3 is 0 Å². The molecule has 0 atom stereocenters. The van der Waals surface area contributed by atoms with Crippen molar-refractivity contribution < 1.29 is 26.4 Å². The van der Waals surface area contributed by atoms with Crippen molar-refractivity contribution >= 4 is 16.3 Å². The summed E-state index contributed by atoms with van der Waals surface area (Å²) in [4.78, 5) is 10.6. The highest BCUT2D eigenvalue weighted by atomic mass is 32.3. The molecule has 0 aromatic carbocycles. The van der Waals surface area contributed by atoms with E-state index in [4.69, 9.17) is 5.73 Å². The van der Waals surface area contributed by atoms with E-state index in [2.05, 4.69) is 25.3 Å². The second kappa shape index (κ2) is 18.3. The number of primary amides is 1. The molecule has 1 amide bonds. The standard InChI is InChI=1S/C19H40N2O.CH4O4S/c1-21(2,3)18-16-14-12-10-8-6-4-5-7-9-11-13-15-17-19(20)22;1-5-6(2,3)4/h4-18H2,1-3H3,(H-,20,22);1H3,(H,2,3,4). The van der Waals surface area contributed by atoms with Gasteiger partial charge in [0.1, 0.15) is 0 Å². The third-order valence-electron chi connectivity index (χ3n) is 4.46. The minimum Gasteiger partial charge on any atom is -0.726 e. The molecule has 0 aromatic rings. The molecule has 28 heavy (non-hydrogen) atoms. The van der Waals surface area contributed by atoms with Crippen molar-refractivity contribution in [3.8, 4) is 0 Å². The highest BCUT2D eigenvalue weighted by Crippen LogP contribution is 2.13. The molecular weight excluding hydrogens is 380 g/mol. The fraction of sp³-hybridized carbons (Fsp3) is 0.950. The molecule has 0 aliphatic heterocycles. The number of quaternary nitrogens is 1. The fourth-order valence-corrected chi connectivity index (χ4v) is 2.83. The van der Waals surface area contributed by atoms with Gasteiger partial charge in [0.2, 0.25) is 16.3 Å². The van der Waals surface area contributed by atoms with Crippen molar-refractivity contribution in [2.75, 3.05) is 34.8 Å². The predicted molar refractivity (Wildman–Crippen MR) is 113 cm³/mol. The van der Waals surface area contributed by atoms with Crippen LogP contribution in [0.15, 0.2) is 0 Å². The Morgan fingerprint density at radius 3 is 1.32 bits per heavy atom. The minimum absolute atomic E-state index is 0.155. The molecular formula is C20H44N2O5S. The normalized spacial score (nSPS) is 11.8.